The molecular formula is C20H21ClN2O2. The van der Waals surface area contributed by atoms with E-state index in [1.54, 1.807) is 6.08 Å². The summed E-state index contributed by atoms with van der Waals surface area (Å²) in [4.78, 5) is 23.5. The van der Waals surface area contributed by atoms with E-state index in [1.165, 1.54) is 6.08 Å². The number of benzene rings is 2. The topological polar surface area (TPSA) is 58.2 Å². The molecule has 0 saturated heterocycles. The summed E-state index contributed by atoms with van der Waals surface area (Å²) in [5.74, 6) is -0.219. The minimum atomic E-state index is -0.181. The Bertz CT molecular complexity index is 712. The highest BCUT2D eigenvalue weighted by Crippen LogP contribution is 2.10. The molecule has 2 aromatic rings. The summed E-state index contributed by atoms with van der Waals surface area (Å²) in [6.07, 6.45) is 4.30. The van der Waals surface area contributed by atoms with Gasteiger partial charge in [0.1, 0.15) is 0 Å². The number of hydrogen-bond donors (Lipinski definition) is 2. The molecule has 0 aromatic heterocycles. The van der Waals surface area contributed by atoms with Crippen LogP contribution in [-0.2, 0) is 16.0 Å². The molecule has 0 fully saturated rings. The predicted molar refractivity (Wildman–Crippen MR) is 101 cm³/mol. The molecular weight excluding hydrogens is 336 g/mol. The molecule has 2 aromatic carbocycles. The van der Waals surface area contributed by atoms with E-state index in [0.29, 0.717) is 31.0 Å². The molecule has 2 rings (SSSR count). The summed E-state index contributed by atoms with van der Waals surface area (Å²) in [5.41, 5.74) is 2.03. The van der Waals surface area contributed by atoms with Crippen molar-refractivity contribution in [3.63, 3.8) is 0 Å². The van der Waals surface area contributed by atoms with Gasteiger partial charge in [-0.2, -0.15) is 0 Å². The van der Waals surface area contributed by atoms with Crippen molar-refractivity contribution in [1.29, 1.82) is 0 Å². The van der Waals surface area contributed by atoms with Crippen LogP contribution in [0.15, 0.2) is 60.7 Å². The van der Waals surface area contributed by atoms with Gasteiger partial charge in [-0.15, -0.1) is 0 Å². The highest BCUT2D eigenvalue weighted by molar-refractivity contribution is 6.30. The van der Waals surface area contributed by atoms with Crippen molar-refractivity contribution in [2.75, 3.05) is 13.1 Å². The Balaban J connectivity index is 1.58. The van der Waals surface area contributed by atoms with Gasteiger partial charge < -0.3 is 10.6 Å². The fraction of sp³-hybridized carbons (Fsp3) is 0.200. The van der Waals surface area contributed by atoms with Gasteiger partial charge >= 0.3 is 0 Å². The molecule has 0 aliphatic carbocycles. The number of carbonyl (C=O) groups excluding carboxylic acids is 2. The Morgan fingerprint density at radius 2 is 1.60 bits per heavy atom. The standard InChI is InChI=1S/C20H21ClN2O2/c21-18-10-6-17(7-11-18)9-13-20(25)23-15-14-22-19(24)12-8-16-4-2-1-3-5-16/h1-8,10-12H,9,13-15H2,(H,22,24)(H,23,25)/b12-8+. The van der Waals surface area contributed by atoms with Crippen molar-refractivity contribution in [2.24, 2.45) is 0 Å². The lowest BCUT2D eigenvalue weighted by Gasteiger charge is -2.06. The largest absolute Gasteiger partial charge is 0.354 e. The molecule has 2 N–H and O–H groups in total. The first kappa shape index (κ1) is 18.7. The van der Waals surface area contributed by atoms with E-state index < -0.39 is 0 Å². The number of carbonyl (C=O) groups is 2. The maximum Gasteiger partial charge on any atom is 0.244 e. The van der Waals surface area contributed by atoms with Gasteiger partial charge in [0.2, 0.25) is 11.8 Å². The van der Waals surface area contributed by atoms with Gasteiger partial charge in [-0.1, -0.05) is 54.1 Å². The average molecular weight is 357 g/mol. The molecule has 0 spiro atoms. The van der Waals surface area contributed by atoms with Crippen LogP contribution in [0.5, 0.6) is 0 Å². The SMILES string of the molecule is O=C(/C=C/c1ccccc1)NCCNC(=O)CCc1ccc(Cl)cc1. The third kappa shape index (κ3) is 7.68. The second-order valence-electron chi connectivity index (χ2n) is 5.51. The van der Waals surface area contributed by atoms with Crippen LogP contribution in [0.1, 0.15) is 17.5 Å². The van der Waals surface area contributed by atoms with Crippen molar-refractivity contribution in [3.05, 3.63) is 76.8 Å². The first-order valence-electron chi connectivity index (χ1n) is 8.15. The quantitative estimate of drug-likeness (QED) is 0.563. The smallest absolute Gasteiger partial charge is 0.244 e. The Morgan fingerprint density at radius 1 is 0.920 bits per heavy atom. The van der Waals surface area contributed by atoms with Gasteiger partial charge in [-0.05, 0) is 35.8 Å². The van der Waals surface area contributed by atoms with Crippen LogP contribution in [0.3, 0.4) is 0 Å². The number of halogens is 1. The van der Waals surface area contributed by atoms with Crippen LogP contribution < -0.4 is 10.6 Å². The van der Waals surface area contributed by atoms with E-state index in [0.717, 1.165) is 11.1 Å². The first-order chi connectivity index (χ1) is 12.1. The number of aryl methyl sites for hydroxylation is 1. The molecule has 4 nitrogen and oxygen atoms in total. The van der Waals surface area contributed by atoms with E-state index in [9.17, 15) is 9.59 Å². The van der Waals surface area contributed by atoms with E-state index >= 15 is 0 Å². The van der Waals surface area contributed by atoms with Gasteiger partial charge in [0, 0.05) is 30.6 Å². The summed E-state index contributed by atoms with van der Waals surface area (Å²) in [6, 6.07) is 17.0. The predicted octanol–water partition coefficient (Wildman–Crippen LogP) is 3.22. The van der Waals surface area contributed by atoms with Crippen LogP contribution in [-0.4, -0.2) is 24.9 Å². The molecule has 0 bridgehead atoms. The minimum absolute atomic E-state index is 0.0379. The molecule has 0 unspecified atom stereocenters. The van der Waals surface area contributed by atoms with Crippen molar-refractivity contribution in [1.82, 2.24) is 10.6 Å². The molecule has 0 heterocycles. The van der Waals surface area contributed by atoms with Gasteiger partial charge in [-0.25, -0.2) is 0 Å². The van der Waals surface area contributed by atoms with Gasteiger partial charge in [0.25, 0.3) is 0 Å². The van der Waals surface area contributed by atoms with Crippen LogP contribution >= 0.6 is 11.6 Å². The van der Waals surface area contributed by atoms with Crippen LogP contribution in [0.4, 0.5) is 0 Å². The van der Waals surface area contributed by atoms with Crippen LogP contribution in [0.25, 0.3) is 6.08 Å². The fourth-order valence-electron chi connectivity index (χ4n) is 2.18. The van der Waals surface area contributed by atoms with E-state index in [-0.39, 0.29) is 11.8 Å². The molecule has 0 aliphatic heterocycles. The molecule has 0 radical (unpaired) electrons. The van der Waals surface area contributed by atoms with Gasteiger partial charge in [0.05, 0.1) is 0 Å². The second-order valence-corrected chi connectivity index (χ2v) is 5.95. The summed E-state index contributed by atoms with van der Waals surface area (Å²) < 4.78 is 0. The molecule has 2 amide bonds. The maximum absolute atomic E-state index is 11.8. The van der Waals surface area contributed by atoms with Gasteiger partial charge in [-0.3, -0.25) is 9.59 Å². The summed E-state index contributed by atoms with van der Waals surface area (Å²) in [7, 11) is 0. The summed E-state index contributed by atoms with van der Waals surface area (Å²) in [6.45, 7) is 0.801. The molecule has 0 saturated carbocycles. The fourth-order valence-corrected chi connectivity index (χ4v) is 2.31. The Morgan fingerprint density at radius 3 is 2.32 bits per heavy atom. The minimum Gasteiger partial charge on any atom is -0.354 e. The average Bonchev–Trinajstić information content (AvgIpc) is 2.64. The maximum atomic E-state index is 11.8. The highest BCUT2D eigenvalue weighted by Gasteiger charge is 2.02. The zero-order chi connectivity index (χ0) is 17.9. The first-order valence-corrected chi connectivity index (χ1v) is 8.53. The number of hydrogen-bond acceptors (Lipinski definition) is 2. The molecule has 5 heteroatoms. The monoisotopic (exact) mass is 356 g/mol. The van der Waals surface area contributed by atoms with E-state index in [1.807, 2.05) is 54.6 Å². The van der Waals surface area contributed by atoms with Crippen molar-refractivity contribution >= 4 is 29.5 Å². The zero-order valence-electron chi connectivity index (χ0n) is 13.9. The zero-order valence-corrected chi connectivity index (χ0v) is 14.6. The number of rotatable bonds is 8. The van der Waals surface area contributed by atoms with E-state index in [4.69, 9.17) is 11.6 Å². The van der Waals surface area contributed by atoms with Crippen molar-refractivity contribution in [2.45, 2.75) is 12.8 Å². The van der Waals surface area contributed by atoms with Crippen molar-refractivity contribution in [3.8, 4) is 0 Å². The van der Waals surface area contributed by atoms with Crippen LogP contribution in [0.2, 0.25) is 5.02 Å². The lowest BCUT2D eigenvalue weighted by Crippen LogP contribution is -2.34. The Kier molecular flexibility index (Phi) is 7.73. The molecule has 0 aliphatic rings. The third-order valence-electron chi connectivity index (χ3n) is 3.53. The Hall–Kier alpha value is -2.59. The van der Waals surface area contributed by atoms with Crippen LogP contribution in [0, 0.1) is 0 Å². The molecule has 130 valence electrons. The van der Waals surface area contributed by atoms with Gasteiger partial charge in [0.15, 0.2) is 0 Å². The number of amides is 2. The lowest BCUT2D eigenvalue weighted by atomic mass is 10.1. The third-order valence-corrected chi connectivity index (χ3v) is 3.78. The van der Waals surface area contributed by atoms with Crippen molar-refractivity contribution < 1.29 is 9.59 Å². The number of nitrogens with one attached hydrogen (secondary N) is 2. The second kappa shape index (κ2) is 10.3. The Labute approximate surface area is 152 Å². The summed E-state index contributed by atoms with van der Waals surface area (Å²) >= 11 is 5.82. The van der Waals surface area contributed by atoms with E-state index in [2.05, 4.69) is 10.6 Å². The molecule has 25 heavy (non-hydrogen) atoms. The lowest BCUT2D eigenvalue weighted by molar-refractivity contribution is -0.121. The normalized spacial score (nSPS) is 10.6. The highest BCUT2D eigenvalue weighted by atomic mass is 35.5. The molecule has 0 atom stereocenters. The summed E-state index contributed by atoms with van der Waals surface area (Å²) in [5, 5.41) is 6.21.